The summed E-state index contributed by atoms with van der Waals surface area (Å²) in [5.74, 6) is -1.27. The van der Waals surface area contributed by atoms with Gasteiger partial charge in [0.1, 0.15) is 5.75 Å². The predicted octanol–water partition coefficient (Wildman–Crippen LogP) is 5.25. The lowest BCUT2D eigenvalue weighted by Gasteiger charge is -2.45. The van der Waals surface area contributed by atoms with Crippen molar-refractivity contribution < 1.29 is 22.7 Å². The molecule has 1 saturated heterocycles. The van der Waals surface area contributed by atoms with Crippen LogP contribution in [-0.2, 0) is 19.6 Å². The number of amides is 2. The van der Waals surface area contributed by atoms with E-state index in [-0.39, 0.29) is 35.1 Å². The van der Waals surface area contributed by atoms with Gasteiger partial charge in [0.2, 0.25) is 21.8 Å². The van der Waals surface area contributed by atoms with E-state index in [1.54, 1.807) is 36.4 Å². The number of anilines is 2. The number of hydrogen-bond acceptors (Lipinski definition) is 5. The highest BCUT2D eigenvalue weighted by atomic mass is 32.2. The zero-order valence-electron chi connectivity index (χ0n) is 20.9. The van der Waals surface area contributed by atoms with Crippen molar-refractivity contribution in [2.24, 2.45) is 11.8 Å². The molecular weight excluding hydrogens is 512 g/mol. The van der Waals surface area contributed by atoms with Gasteiger partial charge in [-0.2, -0.15) is 0 Å². The summed E-state index contributed by atoms with van der Waals surface area (Å²) in [5, 5.41) is 0. The molecule has 1 aliphatic heterocycles. The van der Waals surface area contributed by atoms with Crippen LogP contribution in [0, 0.1) is 11.8 Å². The molecule has 0 unspecified atom stereocenters. The molecule has 39 heavy (non-hydrogen) atoms. The first-order valence-electron chi connectivity index (χ1n) is 12.7. The minimum Gasteiger partial charge on any atom is -0.455 e. The Hall–Kier alpha value is -4.43. The summed E-state index contributed by atoms with van der Waals surface area (Å²) >= 11 is 0. The average Bonchev–Trinajstić information content (AvgIpc) is 3.20. The lowest BCUT2D eigenvalue weighted by Crippen LogP contribution is -2.41. The number of carbonyl (C=O) groups excluding carboxylic acids is 2. The third kappa shape index (κ3) is 3.66. The van der Waals surface area contributed by atoms with Crippen LogP contribution < -0.4 is 14.4 Å². The third-order valence-corrected chi connectivity index (χ3v) is 8.53. The molecule has 194 valence electrons. The predicted molar refractivity (Wildman–Crippen MR) is 147 cm³/mol. The van der Waals surface area contributed by atoms with Gasteiger partial charge in [-0.1, -0.05) is 66.7 Å². The molecule has 0 saturated carbocycles. The van der Waals surface area contributed by atoms with E-state index in [0.29, 0.717) is 11.4 Å². The van der Waals surface area contributed by atoms with Crippen LogP contribution in [0.2, 0.25) is 0 Å². The Labute approximate surface area is 226 Å². The molecule has 2 bridgehead atoms. The van der Waals surface area contributed by atoms with E-state index in [2.05, 4.69) is 29.0 Å². The van der Waals surface area contributed by atoms with Crippen molar-refractivity contribution >= 4 is 33.2 Å². The van der Waals surface area contributed by atoms with Gasteiger partial charge in [0.25, 0.3) is 0 Å². The highest BCUT2D eigenvalue weighted by Crippen LogP contribution is 2.61. The number of rotatable bonds is 5. The SMILES string of the molecule is CS(=O)(=O)Nc1ccc(N2C(=O)[C@@H]3C4c5ccccc5C(c5ccccc54)[C@H]3C2=O)cc1Oc1ccccc1. The van der Waals surface area contributed by atoms with E-state index in [0.717, 1.165) is 28.5 Å². The molecule has 1 heterocycles. The Bertz CT molecular complexity index is 1650. The summed E-state index contributed by atoms with van der Waals surface area (Å²) in [6, 6.07) is 29.8. The standard InChI is InChI=1S/C31H24N2O5S/c1-39(36,37)32-24-16-15-18(17-25(24)38-19-9-3-2-4-10-19)33-30(34)28-26-20-11-5-6-12-21(20)27(29(28)31(33)35)23-14-8-7-13-22(23)26/h2-17,26-29,32H,1H3/t26?,27?,28-,29-/m1/s1. The van der Waals surface area contributed by atoms with Gasteiger partial charge in [0.15, 0.2) is 5.75 Å². The second-order valence-corrected chi connectivity index (χ2v) is 12.0. The van der Waals surface area contributed by atoms with Crippen LogP contribution in [-0.4, -0.2) is 26.5 Å². The molecule has 0 radical (unpaired) electrons. The molecule has 0 spiro atoms. The molecule has 4 aliphatic rings. The van der Waals surface area contributed by atoms with Gasteiger partial charge in [-0.3, -0.25) is 14.3 Å². The Balaban J connectivity index is 1.33. The number of nitrogens with one attached hydrogen (secondary N) is 1. The lowest BCUT2D eigenvalue weighted by molar-refractivity contribution is -0.122. The Morgan fingerprint density at radius 2 is 1.18 bits per heavy atom. The fourth-order valence-electron chi connectivity index (χ4n) is 6.57. The summed E-state index contributed by atoms with van der Waals surface area (Å²) in [4.78, 5) is 29.5. The zero-order valence-corrected chi connectivity index (χ0v) is 21.8. The van der Waals surface area contributed by atoms with Crippen molar-refractivity contribution in [3.05, 3.63) is 119 Å². The second-order valence-electron chi connectivity index (χ2n) is 10.2. The molecule has 8 rings (SSSR count). The Morgan fingerprint density at radius 1 is 0.692 bits per heavy atom. The molecule has 0 aromatic heterocycles. The number of sulfonamides is 1. The topological polar surface area (TPSA) is 92.8 Å². The maximum atomic E-state index is 14.1. The minimum absolute atomic E-state index is 0.189. The van der Waals surface area contributed by atoms with Gasteiger partial charge in [-0.05, 0) is 46.5 Å². The van der Waals surface area contributed by atoms with Gasteiger partial charge in [-0.15, -0.1) is 0 Å². The van der Waals surface area contributed by atoms with Crippen LogP contribution in [0.25, 0.3) is 0 Å². The first kappa shape index (κ1) is 23.7. The molecule has 8 heteroatoms. The molecular formula is C31H24N2O5S. The summed E-state index contributed by atoms with van der Waals surface area (Å²) in [6.07, 6.45) is 1.05. The quantitative estimate of drug-likeness (QED) is 0.352. The summed E-state index contributed by atoms with van der Waals surface area (Å²) in [5.41, 5.74) is 4.97. The minimum atomic E-state index is -3.61. The number of ether oxygens (including phenoxy) is 1. The van der Waals surface area contributed by atoms with Crippen LogP contribution in [0.4, 0.5) is 11.4 Å². The molecule has 2 atom stereocenters. The van der Waals surface area contributed by atoms with Crippen LogP contribution >= 0.6 is 0 Å². The molecule has 3 aliphatic carbocycles. The van der Waals surface area contributed by atoms with Gasteiger partial charge in [0, 0.05) is 17.9 Å². The molecule has 1 N–H and O–H groups in total. The van der Waals surface area contributed by atoms with Crippen molar-refractivity contribution in [1.82, 2.24) is 0 Å². The van der Waals surface area contributed by atoms with Crippen LogP contribution in [0.5, 0.6) is 11.5 Å². The number of imide groups is 1. The molecule has 1 fully saturated rings. The normalized spacial score (nSPS) is 22.7. The van der Waals surface area contributed by atoms with Crippen molar-refractivity contribution in [2.75, 3.05) is 15.9 Å². The number of benzene rings is 4. The van der Waals surface area contributed by atoms with E-state index in [9.17, 15) is 18.0 Å². The van der Waals surface area contributed by atoms with Gasteiger partial charge in [-0.25, -0.2) is 13.3 Å². The average molecular weight is 537 g/mol. The Morgan fingerprint density at radius 3 is 1.67 bits per heavy atom. The summed E-state index contributed by atoms with van der Waals surface area (Å²) in [7, 11) is -3.61. The maximum absolute atomic E-state index is 14.1. The van der Waals surface area contributed by atoms with Gasteiger partial charge < -0.3 is 4.74 Å². The molecule has 4 aromatic rings. The largest absolute Gasteiger partial charge is 0.455 e. The van der Waals surface area contributed by atoms with Crippen LogP contribution in [0.15, 0.2) is 97.1 Å². The van der Waals surface area contributed by atoms with E-state index in [1.807, 2.05) is 30.3 Å². The number of nitrogens with zero attached hydrogens (tertiary/aromatic N) is 1. The highest BCUT2D eigenvalue weighted by molar-refractivity contribution is 7.92. The van der Waals surface area contributed by atoms with E-state index >= 15 is 0 Å². The molecule has 7 nitrogen and oxygen atoms in total. The second kappa shape index (κ2) is 8.54. The first-order chi connectivity index (χ1) is 18.8. The highest BCUT2D eigenvalue weighted by Gasteiger charge is 2.61. The van der Waals surface area contributed by atoms with Crippen LogP contribution in [0.1, 0.15) is 34.1 Å². The lowest BCUT2D eigenvalue weighted by atomic mass is 9.55. The number of para-hydroxylation sites is 1. The molecule has 2 amide bonds. The van der Waals surface area contributed by atoms with E-state index < -0.39 is 21.9 Å². The maximum Gasteiger partial charge on any atom is 0.238 e. The van der Waals surface area contributed by atoms with Crippen LogP contribution in [0.3, 0.4) is 0 Å². The zero-order chi connectivity index (χ0) is 26.9. The summed E-state index contributed by atoms with van der Waals surface area (Å²) < 4.78 is 32.6. The van der Waals surface area contributed by atoms with Gasteiger partial charge in [0.05, 0.1) is 29.5 Å². The van der Waals surface area contributed by atoms with Crippen molar-refractivity contribution in [3.63, 3.8) is 0 Å². The Kier molecular flexibility index (Phi) is 5.18. The van der Waals surface area contributed by atoms with Crippen molar-refractivity contribution in [3.8, 4) is 11.5 Å². The fraction of sp³-hybridized carbons (Fsp3) is 0.161. The first-order valence-corrected chi connectivity index (χ1v) is 14.6. The van der Waals surface area contributed by atoms with E-state index in [1.165, 1.54) is 11.0 Å². The van der Waals surface area contributed by atoms with Crippen molar-refractivity contribution in [2.45, 2.75) is 11.8 Å². The van der Waals surface area contributed by atoms with Crippen molar-refractivity contribution in [1.29, 1.82) is 0 Å². The van der Waals surface area contributed by atoms with E-state index in [4.69, 9.17) is 4.74 Å². The smallest absolute Gasteiger partial charge is 0.238 e. The number of hydrogen-bond donors (Lipinski definition) is 1. The number of carbonyl (C=O) groups is 2. The fourth-order valence-corrected chi connectivity index (χ4v) is 7.13. The summed E-state index contributed by atoms with van der Waals surface area (Å²) in [6.45, 7) is 0. The molecule has 4 aromatic carbocycles. The third-order valence-electron chi connectivity index (χ3n) is 7.94. The van der Waals surface area contributed by atoms with Gasteiger partial charge >= 0.3 is 0 Å². The monoisotopic (exact) mass is 536 g/mol.